The summed E-state index contributed by atoms with van der Waals surface area (Å²) in [6.45, 7) is 1.15. The molecule has 3 rings (SSSR count). The number of halogens is 1. The van der Waals surface area contributed by atoms with E-state index in [-0.39, 0.29) is 5.91 Å². The van der Waals surface area contributed by atoms with Gasteiger partial charge in [0, 0.05) is 25.9 Å². The van der Waals surface area contributed by atoms with Crippen molar-refractivity contribution >= 4 is 34.8 Å². The number of ether oxygens (including phenoxy) is 1. The molecule has 1 N–H and O–H groups in total. The van der Waals surface area contributed by atoms with Gasteiger partial charge in [-0.25, -0.2) is 4.98 Å². The summed E-state index contributed by atoms with van der Waals surface area (Å²) in [7, 11) is 1.97. The molecule has 136 valence electrons. The number of nitrogens with zero attached hydrogens (tertiary/aromatic N) is 2. The van der Waals surface area contributed by atoms with Gasteiger partial charge in [0.15, 0.2) is 0 Å². The summed E-state index contributed by atoms with van der Waals surface area (Å²) < 4.78 is 7.78. The molecular formula is C20H22IN3O2. The third-order valence-corrected chi connectivity index (χ3v) is 4.76. The Kier molecular flexibility index (Phi) is 6.49. The van der Waals surface area contributed by atoms with Crippen molar-refractivity contribution < 1.29 is 9.53 Å². The number of likely N-dealkylation sites (N-methyl/N-ethyl adjacent to an activating group) is 1. The molecule has 6 heteroatoms. The Bertz CT molecular complexity index is 756. The minimum atomic E-state index is -0.0763. The fourth-order valence-electron chi connectivity index (χ4n) is 2.37. The molecule has 1 aliphatic carbocycles. The highest BCUT2D eigenvalue weighted by atomic mass is 127. The number of nitrogens with one attached hydrogen (secondary N) is 1. The van der Waals surface area contributed by atoms with Crippen LogP contribution in [-0.4, -0.2) is 34.2 Å². The van der Waals surface area contributed by atoms with Gasteiger partial charge >= 0.3 is 0 Å². The molecule has 0 bridgehead atoms. The van der Waals surface area contributed by atoms with Gasteiger partial charge in [0.05, 0.1) is 34.1 Å². The summed E-state index contributed by atoms with van der Waals surface area (Å²) in [5.74, 6) is 1.09. The highest BCUT2D eigenvalue weighted by Gasteiger charge is 2.21. The maximum Gasteiger partial charge on any atom is 0.252 e. The van der Waals surface area contributed by atoms with E-state index in [4.69, 9.17) is 4.74 Å². The van der Waals surface area contributed by atoms with Gasteiger partial charge in [0.25, 0.3) is 5.91 Å². The van der Waals surface area contributed by atoms with Crippen LogP contribution in [0.3, 0.4) is 0 Å². The van der Waals surface area contributed by atoms with Crippen LogP contribution in [0, 0.1) is 5.92 Å². The molecule has 1 amide bonds. The summed E-state index contributed by atoms with van der Waals surface area (Å²) in [4.78, 5) is 16.3. The number of carbonyl (C=O) groups excluding carboxylic acids is 1. The van der Waals surface area contributed by atoms with Gasteiger partial charge < -0.3 is 13.2 Å². The number of hydrogen-bond acceptors (Lipinski definition) is 4. The summed E-state index contributed by atoms with van der Waals surface area (Å²) in [5.41, 5.74) is 2.69. The van der Waals surface area contributed by atoms with Crippen LogP contribution in [0.15, 0.2) is 54.4 Å². The van der Waals surface area contributed by atoms with Crippen LogP contribution in [0.25, 0.3) is 6.08 Å². The predicted octanol–water partition coefficient (Wildman–Crippen LogP) is 3.92. The molecule has 1 aromatic carbocycles. The number of hydrogen-bond donors (Lipinski definition) is 1. The Labute approximate surface area is 168 Å². The van der Waals surface area contributed by atoms with E-state index in [1.165, 1.54) is 12.8 Å². The Hall–Kier alpha value is -2.09. The average molecular weight is 463 g/mol. The summed E-state index contributed by atoms with van der Waals surface area (Å²) in [6.07, 6.45) is 6.07. The van der Waals surface area contributed by atoms with Crippen molar-refractivity contribution in [1.82, 2.24) is 13.4 Å². The Morgan fingerprint density at radius 3 is 2.69 bits per heavy atom. The predicted molar refractivity (Wildman–Crippen MR) is 111 cm³/mol. The number of amides is 1. The minimum Gasteiger partial charge on any atom is -0.471 e. The maximum atomic E-state index is 12.0. The molecule has 0 unspecified atom stereocenters. The molecule has 1 fully saturated rings. The van der Waals surface area contributed by atoms with Crippen molar-refractivity contribution in [1.29, 1.82) is 0 Å². The average Bonchev–Trinajstić information content (AvgIpc) is 3.48. The fraction of sp³-hybridized carbons (Fsp3) is 0.300. The zero-order valence-corrected chi connectivity index (χ0v) is 16.8. The monoisotopic (exact) mass is 463 g/mol. The summed E-state index contributed by atoms with van der Waals surface area (Å²) in [6, 6.07) is 13.6. The molecule has 26 heavy (non-hydrogen) atoms. The number of pyridine rings is 1. The first-order chi connectivity index (χ1) is 12.6. The van der Waals surface area contributed by atoms with Crippen LogP contribution >= 0.6 is 22.9 Å². The largest absolute Gasteiger partial charge is 0.471 e. The van der Waals surface area contributed by atoms with Gasteiger partial charge in [-0.1, -0.05) is 30.3 Å². The molecule has 0 atom stereocenters. The lowest BCUT2D eigenvalue weighted by atomic mass is 10.2. The second kappa shape index (κ2) is 9.02. The van der Waals surface area contributed by atoms with Crippen molar-refractivity contribution in [2.24, 2.45) is 5.92 Å². The van der Waals surface area contributed by atoms with E-state index >= 15 is 0 Å². The summed E-state index contributed by atoms with van der Waals surface area (Å²) >= 11 is 2.22. The van der Waals surface area contributed by atoms with Gasteiger partial charge in [-0.3, -0.25) is 4.79 Å². The molecule has 1 aliphatic rings. The Morgan fingerprint density at radius 1 is 1.31 bits per heavy atom. The van der Waals surface area contributed by atoms with Gasteiger partial charge in [0.2, 0.25) is 5.88 Å². The number of carbonyl (C=O) groups is 1. The smallest absolute Gasteiger partial charge is 0.252 e. The molecule has 1 heterocycles. The van der Waals surface area contributed by atoms with E-state index in [1.54, 1.807) is 18.3 Å². The first kappa shape index (κ1) is 18.7. The zero-order valence-electron chi connectivity index (χ0n) is 14.7. The first-order valence-corrected chi connectivity index (χ1v) is 9.60. The van der Waals surface area contributed by atoms with Gasteiger partial charge in [-0.05, 0) is 36.5 Å². The molecule has 0 saturated heterocycles. The van der Waals surface area contributed by atoms with Gasteiger partial charge in [-0.15, -0.1) is 0 Å². The SMILES string of the molecule is CN(I)/C(=C/c1ccccc1)COc1ccc(C(=O)NCC2CC2)cn1. The standard InChI is InChI=1S/C20H22IN3O2/c1-24(21)18(11-15-5-3-2-4-6-15)14-26-19-10-9-17(13-22-19)20(25)23-12-16-7-8-16/h2-6,9-11,13,16H,7-8,12,14H2,1H3,(H,23,25)/b18-11+. The van der Waals surface area contributed by atoms with E-state index in [1.807, 2.05) is 40.5 Å². The van der Waals surface area contributed by atoms with E-state index in [9.17, 15) is 4.79 Å². The number of aromatic nitrogens is 1. The third kappa shape index (κ3) is 5.72. The zero-order chi connectivity index (χ0) is 18.4. The normalized spacial score (nSPS) is 14.0. The van der Waals surface area contributed by atoms with Crippen LogP contribution in [0.2, 0.25) is 0 Å². The molecule has 0 radical (unpaired) electrons. The van der Waals surface area contributed by atoms with E-state index < -0.39 is 0 Å². The van der Waals surface area contributed by atoms with Crippen molar-refractivity contribution in [3.8, 4) is 5.88 Å². The minimum absolute atomic E-state index is 0.0763. The van der Waals surface area contributed by atoms with E-state index in [2.05, 4.69) is 39.2 Å². The van der Waals surface area contributed by atoms with Crippen molar-refractivity contribution in [3.05, 3.63) is 65.5 Å². The van der Waals surface area contributed by atoms with Crippen LogP contribution in [-0.2, 0) is 0 Å². The second-order valence-electron chi connectivity index (χ2n) is 6.35. The third-order valence-electron chi connectivity index (χ3n) is 4.14. The summed E-state index contributed by atoms with van der Waals surface area (Å²) in [5, 5.41) is 2.94. The molecule has 1 aromatic heterocycles. The number of benzene rings is 1. The Balaban J connectivity index is 1.57. The highest BCUT2D eigenvalue weighted by Crippen LogP contribution is 2.27. The van der Waals surface area contributed by atoms with E-state index in [0.717, 1.165) is 17.8 Å². The van der Waals surface area contributed by atoms with Crippen LogP contribution < -0.4 is 10.1 Å². The van der Waals surface area contributed by atoms with Gasteiger partial charge in [-0.2, -0.15) is 0 Å². The molecule has 0 spiro atoms. The van der Waals surface area contributed by atoms with Crippen LogP contribution in [0.5, 0.6) is 5.88 Å². The fourth-order valence-corrected chi connectivity index (χ4v) is 2.65. The molecule has 0 aliphatic heterocycles. The van der Waals surface area contributed by atoms with Crippen molar-refractivity contribution in [2.45, 2.75) is 12.8 Å². The lowest BCUT2D eigenvalue weighted by molar-refractivity contribution is 0.0951. The first-order valence-electron chi connectivity index (χ1n) is 8.64. The second-order valence-corrected chi connectivity index (χ2v) is 7.80. The Morgan fingerprint density at radius 2 is 2.08 bits per heavy atom. The lowest BCUT2D eigenvalue weighted by Gasteiger charge is -2.16. The van der Waals surface area contributed by atoms with Gasteiger partial charge in [0.1, 0.15) is 6.61 Å². The van der Waals surface area contributed by atoms with Crippen LogP contribution in [0.4, 0.5) is 0 Å². The maximum absolute atomic E-state index is 12.0. The van der Waals surface area contributed by atoms with Crippen molar-refractivity contribution in [3.63, 3.8) is 0 Å². The molecular weight excluding hydrogens is 441 g/mol. The molecule has 2 aromatic rings. The lowest BCUT2D eigenvalue weighted by Crippen LogP contribution is -2.25. The van der Waals surface area contributed by atoms with Crippen molar-refractivity contribution in [2.75, 3.05) is 20.2 Å². The topological polar surface area (TPSA) is 54.5 Å². The molecule has 5 nitrogen and oxygen atoms in total. The highest BCUT2D eigenvalue weighted by molar-refractivity contribution is 14.1. The quantitative estimate of drug-likeness (QED) is 0.477. The van der Waals surface area contributed by atoms with E-state index in [0.29, 0.717) is 24.0 Å². The van der Waals surface area contributed by atoms with Crippen LogP contribution in [0.1, 0.15) is 28.8 Å². The molecule has 1 saturated carbocycles. The number of rotatable bonds is 8.